The average Bonchev–Trinajstić information content (AvgIpc) is 2.78. The number of hydrogen-bond donors (Lipinski definition) is 3. The topological polar surface area (TPSA) is 61.9 Å². The summed E-state index contributed by atoms with van der Waals surface area (Å²) in [6.45, 7) is 5.70. The molecule has 168 valence electrons. The summed E-state index contributed by atoms with van der Waals surface area (Å²) < 4.78 is 26.7. The summed E-state index contributed by atoms with van der Waals surface area (Å²) in [6, 6.07) is 14.3. The first-order chi connectivity index (χ1) is 15.6. The van der Waals surface area contributed by atoms with Gasteiger partial charge in [0.15, 0.2) is 0 Å². The Morgan fingerprint density at radius 1 is 1.06 bits per heavy atom. The maximum atomic E-state index is 13.3. The molecule has 1 fully saturated rings. The Morgan fingerprint density at radius 3 is 2.72 bits per heavy atom. The minimum atomic E-state index is -0.567. The molecule has 3 aromatic rings. The third-order valence-electron chi connectivity index (χ3n) is 5.85. The Kier molecular flexibility index (Phi) is 7.39. The van der Waals surface area contributed by atoms with Crippen molar-refractivity contribution in [2.75, 3.05) is 25.0 Å². The van der Waals surface area contributed by atoms with Gasteiger partial charge in [-0.3, -0.25) is 0 Å². The van der Waals surface area contributed by atoms with Crippen LogP contribution in [0.4, 0.5) is 14.7 Å². The van der Waals surface area contributed by atoms with E-state index in [0.29, 0.717) is 36.4 Å². The van der Waals surface area contributed by atoms with Crippen LogP contribution in [0, 0.1) is 17.6 Å². The lowest BCUT2D eigenvalue weighted by molar-refractivity contribution is 0.295. The average molecular weight is 438 g/mol. The summed E-state index contributed by atoms with van der Waals surface area (Å²) in [5.41, 5.74) is 3.67. The van der Waals surface area contributed by atoms with Crippen LogP contribution >= 0.6 is 0 Å². The van der Waals surface area contributed by atoms with Crippen molar-refractivity contribution in [3.05, 3.63) is 77.5 Å². The first kappa shape index (κ1) is 22.3. The summed E-state index contributed by atoms with van der Waals surface area (Å²) in [5, 5.41) is 10.3. The Bertz CT molecular complexity index is 1020. The summed E-state index contributed by atoms with van der Waals surface area (Å²) in [6.07, 6.45) is 3.33. The zero-order valence-electron chi connectivity index (χ0n) is 18.2. The molecular weight excluding hydrogens is 408 g/mol. The number of rotatable bonds is 8. The van der Waals surface area contributed by atoms with Gasteiger partial charge in [0.2, 0.25) is 5.95 Å². The van der Waals surface area contributed by atoms with Crippen LogP contribution in [-0.4, -0.2) is 35.6 Å². The number of benzene rings is 2. The van der Waals surface area contributed by atoms with Gasteiger partial charge in [-0.25, -0.2) is 18.7 Å². The molecular formula is C25H29F2N5. The van der Waals surface area contributed by atoms with E-state index in [0.717, 1.165) is 43.4 Å². The molecule has 0 bridgehead atoms. The molecule has 5 nitrogen and oxygen atoms in total. The van der Waals surface area contributed by atoms with Crippen molar-refractivity contribution in [1.82, 2.24) is 20.6 Å². The highest BCUT2D eigenvalue weighted by atomic mass is 19.1. The number of hydrogen-bond acceptors (Lipinski definition) is 5. The minimum Gasteiger partial charge on any atom is -0.354 e. The number of aromatic nitrogens is 2. The van der Waals surface area contributed by atoms with Gasteiger partial charge in [0, 0.05) is 37.0 Å². The van der Waals surface area contributed by atoms with E-state index in [4.69, 9.17) is 0 Å². The molecule has 7 heteroatoms. The van der Waals surface area contributed by atoms with Gasteiger partial charge >= 0.3 is 0 Å². The second-order valence-electron chi connectivity index (χ2n) is 8.38. The first-order valence-electron chi connectivity index (χ1n) is 11.1. The first-order valence-corrected chi connectivity index (χ1v) is 11.1. The molecule has 2 aromatic carbocycles. The molecule has 2 heterocycles. The molecule has 0 aliphatic carbocycles. The zero-order valence-corrected chi connectivity index (χ0v) is 18.2. The van der Waals surface area contributed by atoms with Crippen LogP contribution in [0.3, 0.4) is 0 Å². The second-order valence-corrected chi connectivity index (χ2v) is 8.38. The maximum absolute atomic E-state index is 13.3. The number of nitrogens with one attached hydrogen (secondary N) is 3. The molecule has 0 unspecified atom stereocenters. The van der Waals surface area contributed by atoms with Crippen molar-refractivity contribution >= 4 is 5.95 Å². The van der Waals surface area contributed by atoms with Crippen LogP contribution < -0.4 is 16.0 Å². The predicted molar refractivity (Wildman–Crippen MR) is 123 cm³/mol. The molecule has 1 aliphatic heterocycles. The van der Waals surface area contributed by atoms with Gasteiger partial charge in [-0.1, -0.05) is 25.1 Å². The van der Waals surface area contributed by atoms with Crippen LogP contribution in [0.1, 0.15) is 24.5 Å². The van der Waals surface area contributed by atoms with E-state index in [1.54, 1.807) is 6.20 Å². The molecule has 1 saturated heterocycles. The van der Waals surface area contributed by atoms with Crippen LogP contribution in [0.2, 0.25) is 0 Å². The standard InChI is InChI=1S/C25H29F2N5/c1-17-15-28-8-6-23(17)31-16-19-3-2-4-20(11-19)24-7-10-30-25(32-24)29-9-5-18-12-21(26)14-22(27)13-18/h2-4,7,10-14,17,23,28,31H,5-6,8-9,15-16H2,1H3,(H,29,30,32)/t17-,23+/m0/s1. The predicted octanol–water partition coefficient (Wildman–Crippen LogP) is 4.16. The fourth-order valence-electron chi connectivity index (χ4n) is 4.09. The number of nitrogens with zero attached hydrogens (tertiary/aromatic N) is 2. The van der Waals surface area contributed by atoms with Crippen molar-refractivity contribution in [3.8, 4) is 11.3 Å². The van der Waals surface area contributed by atoms with Crippen LogP contribution in [0.15, 0.2) is 54.7 Å². The van der Waals surface area contributed by atoms with Crippen LogP contribution in [0.25, 0.3) is 11.3 Å². The van der Waals surface area contributed by atoms with Gasteiger partial charge in [-0.2, -0.15) is 0 Å². The molecule has 32 heavy (non-hydrogen) atoms. The Morgan fingerprint density at radius 2 is 1.91 bits per heavy atom. The maximum Gasteiger partial charge on any atom is 0.223 e. The molecule has 4 rings (SSSR count). The van der Waals surface area contributed by atoms with Crippen molar-refractivity contribution in [1.29, 1.82) is 0 Å². The molecule has 1 aromatic heterocycles. The third kappa shape index (κ3) is 6.08. The lowest BCUT2D eigenvalue weighted by Crippen LogP contribution is -2.45. The van der Waals surface area contributed by atoms with Crippen molar-refractivity contribution in [2.45, 2.75) is 32.4 Å². The van der Waals surface area contributed by atoms with Crippen molar-refractivity contribution in [3.63, 3.8) is 0 Å². The quantitative estimate of drug-likeness (QED) is 0.494. The molecule has 0 radical (unpaired) electrons. The summed E-state index contributed by atoms with van der Waals surface area (Å²) in [5.74, 6) is -0.0257. The van der Waals surface area contributed by atoms with E-state index < -0.39 is 11.6 Å². The SMILES string of the molecule is C[C@H]1CNCC[C@H]1NCc1cccc(-c2ccnc(NCCc3cc(F)cc(F)c3)n2)c1. The number of piperidine rings is 1. The molecule has 0 amide bonds. The number of anilines is 1. The molecule has 0 saturated carbocycles. The van der Waals surface area contributed by atoms with E-state index >= 15 is 0 Å². The Balaban J connectivity index is 1.36. The minimum absolute atomic E-state index is 0.471. The number of halogens is 2. The molecule has 3 N–H and O–H groups in total. The highest BCUT2D eigenvalue weighted by Crippen LogP contribution is 2.20. The van der Waals surface area contributed by atoms with E-state index in [9.17, 15) is 8.78 Å². The van der Waals surface area contributed by atoms with Crippen LogP contribution in [0.5, 0.6) is 0 Å². The fourth-order valence-corrected chi connectivity index (χ4v) is 4.09. The zero-order chi connectivity index (χ0) is 22.3. The van der Waals surface area contributed by atoms with Gasteiger partial charge in [-0.05, 0) is 67.2 Å². The smallest absolute Gasteiger partial charge is 0.223 e. The molecule has 1 aliphatic rings. The normalized spacial score (nSPS) is 18.5. The summed E-state index contributed by atoms with van der Waals surface area (Å²) >= 11 is 0. The lowest BCUT2D eigenvalue weighted by Gasteiger charge is -2.30. The van der Waals surface area contributed by atoms with E-state index in [-0.39, 0.29) is 0 Å². The van der Waals surface area contributed by atoms with E-state index in [1.807, 2.05) is 18.2 Å². The fraction of sp³-hybridized carbons (Fsp3) is 0.360. The largest absolute Gasteiger partial charge is 0.354 e. The Hall–Kier alpha value is -2.90. The van der Waals surface area contributed by atoms with Gasteiger partial charge in [0.05, 0.1) is 5.69 Å². The molecule has 2 atom stereocenters. The van der Waals surface area contributed by atoms with E-state index in [2.05, 4.69) is 45.0 Å². The van der Waals surface area contributed by atoms with Crippen molar-refractivity contribution in [2.24, 2.45) is 5.92 Å². The summed E-state index contributed by atoms with van der Waals surface area (Å²) in [4.78, 5) is 8.88. The highest BCUT2D eigenvalue weighted by molar-refractivity contribution is 5.60. The molecule has 0 spiro atoms. The van der Waals surface area contributed by atoms with Gasteiger partial charge in [0.25, 0.3) is 0 Å². The third-order valence-corrected chi connectivity index (χ3v) is 5.85. The van der Waals surface area contributed by atoms with Gasteiger partial charge in [0.1, 0.15) is 11.6 Å². The highest BCUT2D eigenvalue weighted by Gasteiger charge is 2.20. The monoisotopic (exact) mass is 437 g/mol. The Labute approximate surface area is 187 Å². The van der Waals surface area contributed by atoms with Crippen molar-refractivity contribution < 1.29 is 8.78 Å². The summed E-state index contributed by atoms with van der Waals surface area (Å²) in [7, 11) is 0. The van der Waals surface area contributed by atoms with Gasteiger partial charge in [-0.15, -0.1) is 0 Å². The van der Waals surface area contributed by atoms with Crippen LogP contribution in [-0.2, 0) is 13.0 Å². The van der Waals surface area contributed by atoms with Gasteiger partial charge < -0.3 is 16.0 Å². The second kappa shape index (κ2) is 10.6. The van der Waals surface area contributed by atoms with E-state index in [1.165, 1.54) is 17.7 Å². The lowest BCUT2D eigenvalue weighted by atomic mass is 9.95.